The number of amides is 2. The second kappa shape index (κ2) is 9.30. The number of hydrogen-bond acceptors (Lipinski definition) is 5. The fourth-order valence-electron chi connectivity index (χ4n) is 5.08. The van der Waals surface area contributed by atoms with Gasteiger partial charge in [0.25, 0.3) is 11.8 Å². The smallest absolute Gasteiger partial charge is 0.263 e. The van der Waals surface area contributed by atoms with Crippen LogP contribution in [0.3, 0.4) is 0 Å². The lowest BCUT2D eigenvalue weighted by molar-refractivity contribution is -0.135. The Morgan fingerprint density at radius 1 is 1.06 bits per heavy atom. The lowest BCUT2D eigenvalue weighted by atomic mass is 9.96. The quantitative estimate of drug-likeness (QED) is 0.594. The van der Waals surface area contributed by atoms with Crippen LogP contribution in [0.5, 0.6) is 5.75 Å². The molecule has 1 aromatic heterocycles. The third-order valence-electron chi connectivity index (χ3n) is 7.06. The number of pyridine rings is 1. The Morgan fingerprint density at radius 3 is 2.37 bits per heavy atom. The van der Waals surface area contributed by atoms with Gasteiger partial charge in [-0.15, -0.1) is 0 Å². The van der Waals surface area contributed by atoms with Gasteiger partial charge in [-0.3, -0.25) is 9.59 Å². The van der Waals surface area contributed by atoms with E-state index >= 15 is 0 Å². The highest BCUT2D eigenvalue weighted by atomic mass is 35.5. The molecule has 0 unspecified atom stereocenters. The molecule has 35 heavy (non-hydrogen) atoms. The molecule has 0 radical (unpaired) electrons. The highest BCUT2D eigenvalue weighted by Crippen LogP contribution is 2.39. The average Bonchev–Trinajstić information content (AvgIpc) is 3.58. The van der Waals surface area contributed by atoms with Crippen molar-refractivity contribution < 1.29 is 18.7 Å². The zero-order chi connectivity index (χ0) is 24.7. The van der Waals surface area contributed by atoms with E-state index in [1.54, 1.807) is 20.0 Å². The summed E-state index contributed by atoms with van der Waals surface area (Å²) in [6.45, 7) is 3.26. The van der Waals surface area contributed by atoms with Crippen LogP contribution in [0.15, 0.2) is 36.5 Å². The van der Waals surface area contributed by atoms with Crippen molar-refractivity contribution in [1.29, 1.82) is 0 Å². The Bertz CT molecular complexity index is 1110. The Balaban J connectivity index is 1.20. The molecule has 186 valence electrons. The molecule has 1 aromatic carbocycles. The number of carbonyl (C=O) groups excluding carboxylic acids is 2. The minimum atomic E-state index is -1.25. The molecule has 1 saturated carbocycles. The molecule has 3 heterocycles. The highest BCUT2D eigenvalue weighted by Gasteiger charge is 2.43. The zero-order valence-corrected chi connectivity index (χ0v) is 20.6. The summed E-state index contributed by atoms with van der Waals surface area (Å²) < 4.78 is 19.9. The van der Waals surface area contributed by atoms with Gasteiger partial charge in [-0.2, -0.15) is 0 Å². The maximum absolute atomic E-state index is 14.2. The molecule has 7 nitrogen and oxygen atoms in total. The number of rotatable bonds is 7. The van der Waals surface area contributed by atoms with E-state index in [1.807, 2.05) is 12.1 Å². The van der Waals surface area contributed by atoms with Gasteiger partial charge in [0.2, 0.25) is 0 Å². The first-order chi connectivity index (χ1) is 16.7. The number of fused-ring (bicyclic) bond motifs is 2. The van der Waals surface area contributed by atoms with E-state index in [0.717, 1.165) is 44.3 Å². The van der Waals surface area contributed by atoms with Crippen molar-refractivity contribution in [3.63, 3.8) is 0 Å². The minimum Gasteiger partial charge on any atom is -0.475 e. The number of nitrogens with one attached hydrogen (secondary N) is 2. The predicted molar refractivity (Wildman–Crippen MR) is 131 cm³/mol. The molecule has 0 spiro atoms. The lowest BCUT2D eigenvalue weighted by Crippen LogP contribution is -2.55. The predicted octanol–water partition coefficient (Wildman–Crippen LogP) is 4.24. The fourth-order valence-corrected chi connectivity index (χ4v) is 5.24. The first-order valence-corrected chi connectivity index (χ1v) is 12.6. The zero-order valence-electron chi connectivity index (χ0n) is 19.9. The van der Waals surface area contributed by atoms with Crippen molar-refractivity contribution in [2.45, 2.75) is 82.1 Å². The first-order valence-electron chi connectivity index (χ1n) is 12.2. The van der Waals surface area contributed by atoms with Crippen LogP contribution < -0.4 is 20.3 Å². The van der Waals surface area contributed by atoms with Gasteiger partial charge in [0.05, 0.1) is 5.56 Å². The van der Waals surface area contributed by atoms with Crippen molar-refractivity contribution >= 4 is 29.2 Å². The van der Waals surface area contributed by atoms with E-state index in [0.29, 0.717) is 11.6 Å². The molecule has 9 heteroatoms. The number of piperidine rings is 1. The van der Waals surface area contributed by atoms with Crippen LogP contribution in [0.25, 0.3) is 0 Å². The van der Waals surface area contributed by atoms with Crippen molar-refractivity contribution in [2.75, 3.05) is 4.90 Å². The molecule has 2 aliphatic heterocycles. The summed E-state index contributed by atoms with van der Waals surface area (Å²) in [5, 5.41) is 6.37. The Hall–Kier alpha value is -2.87. The van der Waals surface area contributed by atoms with Crippen LogP contribution in [0, 0.1) is 5.82 Å². The topological polar surface area (TPSA) is 83.6 Å². The molecule has 2 bridgehead atoms. The van der Waals surface area contributed by atoms with Gasteiger partial charge in [0.1, 0.15) is 5.82 Å². The van der Waals surface area contributed by atoms with E-state index in [4.69, 9.17) is 16.3 Å². The highest BCUT2D eigenvalue weighted by molar-refractivity contribution is 6.30. The minimum absolute atomic E-state index is 0.00205. The van der Waals surface area contributed by atoms with Gasteiger partial charge < -0.3 is 20.3 Å². The van der Waals surface area contributed by atoms with Crippen molar-refractivity contribution in [1.82, 2.24) is 15.6 Å². The second-order valence-electron chi connectivity index (χ2n) is 10.3. The Morgan fingerprint density at radius 2 is 1.77 bits per heavy atom. The molecule has 3 atom stereocenters. The number of hydrogen-bond donors (Lipinski definition) is 2. The van der Waals surface area contributed by atoms with Crippen molar-refractivity contribution in [3.8, 4) is 5.75 Å². The number of aromatic nitrogens is 1. The van der Waals surface area contributed by atoms with E-state index < -0.39 is 11.4 Å². The number of nitrogens with zero attached hydrogens (tertiary/aromatic N) is 2. The Kier molecular flexibility index (Phi) is 6.34. The van der Waals surface area contributed by atoms with Crippen molar-refractivity contribution in [3.05, 3.63) is 52.9 Å². The summed E-state index contributed by atoms with van der Waals surface area (Å²) in [6.07, 6.45) is 7.38. The Labute approximate surface area is 209 Å². The maximum Gasteiger partial charge on any atom is 0.263 e. The van der Waals surface area contributed by atoms with Gasteiger partial charge in [-0.1, -0.05) is 11.6 Å². The first kappa shape index (κ1) is 23.9. The second-order valence-corrected chi connectivity index (χ2v) is 10.7. The summed E-state index contributed by atoms with van der Waals surface area (Å²) in [6, 6.07) is 8.71. The lowest BCUT2D eigenvalue weighted by Gasteiger charge is -2.40. The molecular formula is C26H30ClFN4O3. The SMILES string of the molecule is CC(C)(Oc1ccc(Cl)cc1F)C(=O)N[C@H]1C[C@H]2CC[C@@H](C1)N2c1ccc(C(=O)NC2CC2)cn1. The van der Waals surface area contributed by atoms with Crippen LogP contribution in [-0.2, 0) is 4.79 Å². The van der Waals surface area contributed by atoms with Crippen LogP contribution in [0.2, 0.25) is 5.02 Å². The number of halogens is 2. The van der Waals surface area contributed by atoms with Crippen molar-refractivity contribution in [2.24, 2.45) is 0 Å². The summed E-state index contributed by atoms with van der Waals surface area (Å²) in [7, 11) is 0. The van der Waals surface area contributed by atoms with Gasteiger partial charge in [0.15, 0.2) is 17.2 Å². The average molecular weight is 501 g/mol. The summed E-state index contributed by atoms with van der Waals surface area (Å²) >= 11 is 5.81. The van der Waals surface area contributed by atoms with Crippen LogP contribution in [0.4, 0.5) is 10.2 Å². The monoisotopic (exact) mass is 500 g/mol. The molecular weight excluding hydrogens is 471 g/mol. The maximum atomic E-state index is 14.2. The number of ether oxygens (including phenoxy) is 1. The van der Waals surface area contributed by atoms with Crippen LogP contribution in [-0.4, -0.2) is 46.6 Å². The largest absolute Gasteiger partial charge is 0.475 e. The van der Waals surface area contributed by atoms with Crippen LogP contribution in [0.1, 0.15) is 62.7 Å². The van der Waals surface area contributed by atoms with Crippen LogP contribution >= 0.6 is 11.6 Å². The molecule has 2 N–H and O–H groups in total. The van der Waals surface area contributed by atoms with E-state index in [-0.39, 0.29) is 40.7 Å². The molecule has 2 amide bonds. The number of anilines is 1. The van der Waals surface area contributed by atoms with Gasteiger partial charge in [-0.05, 0) is 82.7 Å². The third kappa shape index (κ3) is 5.22. The molecule has 3 fully saturated rings. The summed E-state index contributed by atoms with van der Waals surface area (Å²) in [5.74, 6) is -0.0988. The van der Waals surface area contributed by atoms with E-state index in [1.165, 1.54) is 18.2 Å². The van der Waals surface area contributed by atoms with E-state index in [2.05, 4.69) is 20.5 Å². The molecule has 5 rings (SSSR count). The van der Waals surface area contributed by atoms with Gasteiger partial charge in [-0.25, -0.2) is 9.37 Å². The standard InChI is InChI=1S/C26H30ClFN4O3/c1-26(2,35-22-9-4-16(27)11-21(22)28)25(34)31-18-12-19-7-8-20(13-18)32(19)23-10-3-15(14-29-23)24(33)30-17-5-6-17/h3-4,9-11,14,17-20H,5-8,12-13H2,1-2H3,(H,30,33)(H,31,34)/t18-,19+,20-. The normalized spacial score (nSPS) is 23.7. The number of benzene rings is 1. The molecule has 1 aliphatic carbocycles. The molecule has 2 saturated heterocycles. The molecule has 3 aliphatic rings. The van der Waals surface area contributed by atoms with Gasteiger partial charge >= 0.3 is 0 Å². The summed E-state index contributed by atoms with van der Waals surface area (Å²) in [5.41, 5.74) is -0.669. The van der Waals surface area contributed by atoms with E-state index in [9.17, 15) is 14.0 Å². The summed E-state index contributed by atoms with van der Waals surface area (Å²) in [4.78, 5) is 32.2. The number of carbonyl (C=O) groups is 2. The molecule has 2 aromatic rings. The van der Waals surface area contributed by atoms with Gasteiger partial charge in [0, 0.05) is 35.4 Å². The fraction of sp³-hybridized carbons (Fsp3) is 0.500. The third-order valence-corrected chi connectivity index (χ3v) is 7.30.